The molecule has 0 fully saturated rings. The second-order valence-corrected chi connectivity index (χ2v) is 7.03. The van der Waals surface area contributed by atoms with Gasteiger partial charge in [-0.15, -0.1) is 0 Å². The number of anilines is 1. The van der Waals surface area contributed by atoms with Crippen molar-refractivity contribution >= 4 is 41.1 Å². The number of benzene rings is 3. The van der Waals surface area contributed by atoms with Gasteiger partial charge in [-0.2, -0.15) is 0 Å². The molecule has 0 radical (unpaired) electrons. The van der Waals surface area contributed by atoms with E-state index in [1.54, 1.807) is 60.7 Å². The van der Waals surface area contributed by atoms with E-state index in [1.807, 2.05) is 0 Å². The molecule has 0 aliphatic heterocycles. The first kappa shape index (κ1) is 22.6. The quantitative estimate of drug-likeness (QED) is 0.461. The molecule has 3 aromatic rings. The zero-order valence-electron chi connectivity index (χ0n) is 17.0. The molecule has 162 valence electrons. The van der Waals surface area contributed by atoms with Crippen molar-refractivity contribution in [1.82, 2.24) is 5.32 Å². The summed E-state index contributed by atoms with van der Waals surface area (Å²) in [5.74, 6) is -1.81. The smallest absolute Gasteiger partial charge is 0.337 e. The number of carboxylic acid groups (broad SMARTS) is 1. The number of nitrogens with one attached hydrogen (secondary N) is 2. The van der Waals surface area contributed by atoms with Crippen molar-refractivity contribution in [2.24, 2.45) is 0 Å². The number of hydrogen-bond acceptors (Lipinski definition) is 4. The Labute approximate surface area is 189 Å². The highest BCUT2D eigenvalue weighted by Crippen LogP contribution is 2.18. The molecule has 32 heavy (non-hydrogen) atoms. The number of para-hydroxylation sites is 1. The van der Waals surface area contributed by atoms with Gasteiger partial charge in [-0.3, -0.25) is 9.59 Å². The highest BCUT2D eigenvalue weighted by molar-refractivity contribution is 6.30. The number of carbonyl (C=O) groups excluding carboxylic acids is 2. The SMILES string of the molecule is COc1ccc(C(=O)NC(=Cc2ccc(Cl)cc2)C(=O)Nc2ccccc2C(=O)O)cc1. The third-order valence-electron chi connectivity index (χ3n) is 4.43. The van der Waals surface area contributed by atoms with E-state index in [1.165, 1.54) is 25.3 Å². The molecule has 0 aromatic heterocycles. The predicted molar refractivity (Wildman–Crippen MR) is 122 cm³/mol. The fourth-order valence-corrected chi connectivity index (χ4v) is 2.92. The van der Waals surface area contributed by atoms with Gasteiger partial charge in [0.1, 0.15) is 11.4 Å². The summed E-state index contributed by atoms with van der Waals surface area (Å²) in [7, 11) is 1.52. The number of carboxylic acids is 1. The molecule has 0 saturated heterocycles. The minimum Gasteiger partial charge on any atom is -0.497 e. The molecule has 0 heterocycles. The van der Waals surface area contributed by atoms with Crippen LogP contribution in [0, 0.1) is 0 Å². The Hall–Kier alpha value is -4.10. The summed E-state index contributed by atoms with van der Waals surface area (Å²) in [6.45, 7) is 0. The van der Waals surface area contributed by atoms with Crippen LogP contribution in [0.5, 0.6) is 5.75 Å². The standard InChI is InChI=1S/C24H19ClN2O5/c1-32-18-12-8-16(9-13-18)22(28)27-21(14-15-6-10-17(25)11-7-15)23(29)26-20-5-3-2-4-19(20)24(30)31/h2-14H,1H3,(H,26,29)(H,27,28)(H,30,31). The average molecular weight is 451 g/mol. The number of halogens is 1. The molecule has 0 aliphatic rings. The van der Waals surface area contributed by atoms with Crippen LogP contribution in [0.3, 0.4) is 0 Å². The first-order chi connectivity index (χ1) is 15.4. The predicted octanol–water partition coefficient (Wildman–Crippen LogP) is 4.46. The van der Waals surface area contributed by atoms with Crippen molar-refractivity contribution in [3.63, 3.8) is 0 Å². The zero-order valence-corrected chi connectivity index (χ0v) is 17.7. The van der Waals surface area contributed by atoms with Gasteiger partial charge in [0, 0.05) is 10.6 Å². The highest BCUT2D eigenvalue weighted by Gasteiger charge is 2.18. The summed E-state index contributed by atoms with van der Waals surface area (Å²) in [4.78, 5) is 37.2. The Balaban J connectivity index is 1.91. The number of rotatable bonds is 7. The molecule has 0 atom stereocenters. The molecule has 0 unspecified atom stereocenters. The average Bonchev–Trinajstić information content (AvgIpc) is 2.80. The van der Waals surface area contributed by atoms with Crippen LogP contribution >= 0.6 is 11.6 Å². The summed E-state index contributed by atoms with van der Waals surface area (Å²) in [5.41, 5.74) is 0.875. The minimum absolute atomic E-state index is 0.0756. The third kappa shape index (κ3) is 5.74. The Morgan fingerprint density at radius 3 is 2.22 bits per heavy atom. The number of aromatic carboxylic acids is 1. The van der Waals surface area contributed by atoms with E-state index in [0.717, 1.165) is 0 Å². The fourth-order valence-electron chi connectivity index (χ4n) is 2.79. The first-order valence-corrected chi connectivity index (χ1v) is 9.81. The molecular formula is C24H19ClN2O5. The molecular weight excluding hydrogens is 432 g/mol. The van der Waals surface area contributed by atoms with Gasteiger partial charge in [-0.1, -0.05) is 35.9 Å². The lowest BCUT2D eigenvalue weighted by Gasteiger charge is -2.13. The van der Waals surface area contributed by atoms with Crippen LogP contribution in [0.25, 0.3) is 6.08 Å². The molecule has 0 spiro atoms. The van der Waals surface area contributed by atoms with Gasteiger partial charge in [0.2, 0.25) is 0 Å². The number of methoxy groups -OCH3 is 1. The lowest BCUT2D eigenvalue weighted by atomic mass is 10.1. The van der Waals surface area contributed by atoms with Gasteiger partial charge in [0.05, 0.1) is 18.4 Å². The van der Waals surface area contributed by atoms with Gasteiger partial charge < -0.3 is 20.5 Å². The number of ether oxygens (including phenoxy) is 1. The Morgan fingerprint density at radius 2 is 1.59 bits per heavy atom. The number of amides is 2. The molecule has 8 heteroatoms. The van der Waals surface area contributed by atoms with Gasteiger partial charge in [-0.05, 0) is 60.2 Å². The first-order valence-electron chi connectivity index (χ1n) is 9.43. The summed E-state index contributed by atoms with van der Waals surface area (Å²) in [6, 6.07) is 19.0. The fraction of sp³-hybridized carbons (Fsp3) is 0.0417. The lowest BCUT2D eigenvalue weighted by molar-refractivity contribution is -0.113. The van der Waals surface area contributed by atoms with Crippen LogP contribution in [-0.2, 0) is 4.79 Å². The molecule has 0 saturated carbocycles. The second kappa shape index (κ2) is 10.3. The van der Waals surface area contributed by atoms with Crippen LogP contribution < -0.4 is 15.4 Å². The van der Waals surface area contributed by atoms with E-state index in [9.17, 15) is 19.5 Å². The van der Waals surface area contributed by atoms with Crippen LogP contribution in [0.4, 0.5) is 5.69 Å². The summed E-state index contributed by atoms with van der Waals surface area (Å²) in [5, 5.41) is 15.0. The van der Waals surface area contributed by atoms with E-state index >= 15 is 0 Å². The third-order valence-corrected chi connectivity index (χ3v) is 4.68. The maximum Gasteiger partial charge on any atom is 0.337 e. The van der Waals surface area contributed by atoms with Crippen LogP contribution in [-0.4, -0.2) is 30.0 Å². The minimum atomic E-state index is -1.19. The molecule has 0 aliphatic carbocycles. The van der Waals surface area contributed by atoms with Crippen molar-refractivity contribution in [3.8, 4) is 5.75 Å². The molecule has 7 nitrogen and oxygen atoms in total. The normalized spacial score (nSPS) is 10.9. The second-order valence-electron chi connectivity index (χ2n) is 6.60. The topological polar surface area (TPSA) is 105 Å². The van der Waals surface area contributed by atoms with Crippen LogP contribution in [0.15, 0.2) is 78.5 Å². The van der Waals surface area contributed by atoms with E-state index < -0.39 is 17.8 Å². The number of hydrogen-bond donors (Lipinski definition) is 3. The maximum absolute atomic E-state index is 13.0. The van der Waals surface area contributed by atoms with Gasteiger partial charge in [0.15, 0.2) is 0 Å². The largest absolute Gasteiger partial charge is 0.497 e. The maximum atomic E-state index is 13.0. The number of carbonyl (C=O) groups is 3. The van der Waals surface area contributed by atoms with Crippen molar-refractivity contribution in [3.05, 3.63) is 100 Å². The molecule has 3 rings (SSSR count). The van der Waals surface area contributed by atoms with Gasteiger partial charge in [-0.25, -0.2) is 4.79 Å². The van der Waals surface area contributed by atoms with E-state index in [0.29, 0.717) is 21.9 Å². The highest BCUT2D eigenvalue weighted by atomic mass is 35.5. The molecule has 0 bridgehead atoms. The van der Waals surface area contributed by atoms with Gasteiger partial charge in [0.25, 0.3) is 11.8 Å². The van der Waals surface area contributed by atoms with Crippen molar-refractivity contribution in [2.75, 3.05) is 12.4 Å². The summed E-state index contributed by atoms with van der Waals surface area (Å²) >= 11 is 5.92. The monoisotopic (exact) mass is 450 g/mol. The van der Waals surface area contributed by atoms with E-state index in [2.05, 4.69) is 10.6 Å². The zero-order chi connectivity index (χ0) is 23.1. The molecule has 3 aromatic carbocycles. The van der Waals surface area contributed by atoms with Crippen LogP contribution in [0.1, 0.15) is 26.3 Å². The van der Waals surface area contributed by atoms with Gasteiger partial charge >= 0.3 is 5.97 Å². The summed E-state index contributed by atoms with van der Waals surface area (Å²) < 4.78 is 5.09. The Kier molecular flexibility index (Phi) is 7.25. The van der Waals surface area contributed by atoms with E-state index in [-0.39, 0.29) is 16.9 Å². The lowest BCUT2D eigenvalue weighted by Crippen LogP contribution is -2.31. The van der Waals surface area contributed by atoms with Crippen LogP contribution in [0.2, 0.25) is 5.02 Å². The molecule has 2 amide bonds. The Bertz CT molecular complexity index is 1170. The van der Waals surface area contributed by atoms with E-state index in [4.69, 9.17) is 16.3 Å². The van der Waals surface area contributed by atoms with Crippen molar-refractivity contribution in [2.45, 2.75) is 0 Å². The Morgan fingerprint density at radius 1 is 0.938 bits per heavy atom. The summed E-state index contributed by atoms with van der Waals surface area (Å²) in [6.07, 6.45) is 1.47. The van der Waals surface area contributed by atoms with Crippen molar-refractivity contribution in [1.29, 1.82) is 0 Å². The molecule has 3 N–H and O–H groups in total. The van der Waals surface area contributed by atoms with Crippen molar-refractivity contribution < 1.29 is 24.2 Å².